The highest BCUT2D eigenvalue weighted by Crippen LogP contribution is 2.06. The Morgan fingerprint density at radius 1 is 1.26 bits per heavy atom. The Kier molecular flexibility index (Phi) is 9.87. The Bertz CT molecular complexity index is 608. The van der Waals surface area contributed by atoms with E-state index in [0.717, 1.165) is 0 Å². The number of H-pyrrole nitrogens is 1. The third-order valence-corrected chi connectivity index (χ3v) is 4.54. The highest BCUT2D eigenvalue weighted by Gasteiger charge is 2.28. The predicted octanol–water partition coefficient (Wildman–Crippen LogP) is 0.133. The number of nitrogens with two attached hydrogens (primary N) is 1. The molecule has 0 bridgehead atoms. The first kappa shape index (κ1) is 23.0. The Balaban J connectivity index is 2.84. The largest absolute Gasteiger partial charge is 0.480 e. The number of carboxylic acids is 1. The van der Waals surface area contributed by atoms with Gasteiger partial charge in [-0.25, -0.2) is 9.78 Å². The Morgan fingerprint density at radius 2 is 1.93 bits per heavy atom. The quantitative estimate of drug-likeness (QED) is 0.335. The van der Waals surface area contributed by atoms with Crippen molar-refractivity contribution in [2.24, 2.45) is 11.7 Å². The molecule has 9 nitrogen and oxygen atoms in total. The van der Waals surface area contributed by atoms with Crippen molar-refractivity contribution in [3.8, 4) is 0 Å². The number of imidazole rings is 1. The van der Waals surface area contributed by atoms with E-state index in [1.165, 1.54) is 18.1 Å². The minimum Gasteiger partial charge on any atom is -0.480 e. The molecule has 10 heteroatoms. The topological polar surface area (TPSA) is 150 Å². The van der Waals surface area contributed by atoms with Gasteiger partial charge in [0.15, 0.2) is 0 Å². The van der Waals surface area contributed by atoms with Crippen molar-refractivity contribution in [2.45, 2.75) is 51.2 Å². The number of aromatic nitrogens is 2. The van der Waals surface area contributed by atoms with E-state index in [0.29, 0.717) is 24.3 Å². The molecule has 0 radical (unpaired) electrons. The zero-order valence-electron chi connectivity index (χ0n) is 15.9. The van der Waals surface area contributed by atoms with Crippen LogP contribution in [-0.2, 0) is 20.8 Å². The number of aromatic amines is 1. The van der Waals surface area contributed by atoms with Crippen LogP contribution in [0.15, 0.2) is 12.5 Å². The normalized spacial score (nSPS) is 14.4. The summed E-state index contributed by atoms with van der Waals surface area (Å²) < 4.78 is 0. The maximum absolute atomic E-state index is 12.7. The van der Waals surface area contributed by atoms with Crippen molar-refractivity contribution in [1.29, 1.82) is 0 Å². The van der Waals surface area contributed by atoms with Crippen LogP contribution in [0.3, 0.4) is 0 Å². The average molecular weight is 400 g/mol. The van der Waals surface area contributed by atoms with Gasteiger partial charge in [-0.15, -0.1) is 0 Å². The van der Waals surface area contributed by atoms with E-state index in [1.807, 2.05) is 20.1 Å². The van der Waals surface area contributed by atoms with E-state index in [9.17, 15) is 19.5 Å². The van der Waals surface area contributed by atoms with Gasteiger partial charge in [0.1, 0.15) is 12.1 Å². The number of nitrogens with one attached hydrogen (secondary N) is 3. The third-order valence-electron chi connectivity index (χ3n) is 3.90. The molecular weight excluding hydrogens is 370 g/mol. The lowest BCUT2D eigenvalue weighted by Crippen LogP contribution is -2.55. The number of hydrogen-bond acceptors (Lipinski definition) is 6. The molecule has 0 aromatic carbocycles. The van der Waals surface area contributed by atoms with Crippen molar-refractivity contribution < 1.29 is 19.5 Å². The molecule has 0 aliphatic rings. The number of thioether (sulfide) groups is 1. The van der Waals surface area contributed by atoms with Gasteiger partial charge in [-0.3, -0.25) is 9.59 Å². The van der Waals surface area contributed by atoms with Gasteiger partial charge in [-0.05, 0) is 30.8 Å². The second kappa shape index (κ2) is 11.6. The van der Waals surface area contributed by atoms with Crippen LogP contribution in [0.5, 0.6) is 0 Å². The molecule has 6 N–H and O–H groups in total. The molecular formula is C17H29N5O4S. The smallest absolute Gasteiger partial charge is 0.326 e. The second-order valence-corrected chi connectivity index (χ2v) is 7.74. The van der Waals surface area contributed by atoms with E-state index in [4.69, 9.17) is 5.73 Å². The van der Waals surface area contributed by atoms with Crippen LogP contribution in [0.4, 0.5) is 0 Å². The zero-order chi connectivity index (χ0) is 20.4. The monoisotopic (exact) mass is 399 g/mol. The van der Waals surface area contributed by atoms with Crippen molar-refractivity contribution in [3.05, 3.63) is 18.2 Å². The summed E-state index contributed by atoms with van der Waals surface area (Å²) in [7, 11) is 0. The Morgan fingerprint density at radius 3 is 2.44 bits per heavy atom. The summed E-state index contributed by atoms with van der Waals surface area (Å²) in [6.07, 6.45) is 5.80. The van der Waals surface area contributed by atoms with Gasteiger partial charge < -0.3 is 26.5 Å². The highest BCUT2D eigenvalue weighted by molar-refractivity contribution is 7.98. The summed E-state index contributed by atoms with van der Waals surface area (Å²) >= 11 is 1.49. The molecule has 2 amide bonds. The summed E-state index contributed by atoms with van der Waals surface area (Å²) in [4.78, 5) is 43.2. The van der Waals surface area contributed by atoms with Crippen LogP contribution < -0.4 is 16.4 Å². The summed E-state index contributed by atoms with van der Waals surface area (Å²) in [5.74, 6) is -1.30. The van der Waals surface area contributed by atoms with E-state index in [1.54, 1.807) is 6.20 Å². The molecule has 3 atom stereocenters. The maximum Gasteiger partial charge on any atom is 0.326 e. The molecule has 1 aromatic heterocycles. The van der Waals surface area contributed by atoms with Gasteiger partial charge in [0.2, 0.25) is 11.8 Å². The van der Waals surface area contributed by atoms with Crippen molar-refractivity contribution in [3.63, 3.8) is 0 Å². The van der Waals surface area contributed by atoms with Crippen LogP contribution in [-0.4, -0.2) is 63.0 Å². The van der Waals surface area contributed by atoms with Crippen LogP contribution in [0, 0.1) is 5.92 Å². The lowest BCUT2D eigenvalue weighted by molar-refractivity contribution is -0.142. The molecule has 0 fully saturated rings. The molecule has 0 saturated heterocycles. The van der Waals surface area contributed by atoms with Crippen molar-refractivity contribution >= 4 is 29.5 Å². The van der Waals surface area contributed by atoms with Gasteiger partial charge in [0.25, 0.3) is 0 Å². The van der Waals surface area contributed by atoms with Crippen LogP contribution >= 0.6 is 11.8 Å². The first-order valence-electron chi connectivity index (χ1n) is 8.79. The minimum absolute atomic E-state index is 0.154. The predicted molar refractivity (Wildman–Crippen MR) is 104 cm³/mol. The van der Waals surface area contributed by atoms with Crippen molar-refractivity contribution in [2.75, 3.05) is 12.0 Å². The number of hydrogen-bond donors (Lipinski definition) is 5. The standard InChI is InChI=1S/C17H29N5O4S/c1-10(2)6-12(18)15(23)22-14(7-11-8-19-9-20-11)16(24)21-13(17(25)26)4-5-27-3/h8-10,12-14H,4-7,18H2,1-3H3,(H,19,20)(H,21,24)(H,22,23)(H,25,26)/t12-,13-,14-/m0/s1. The SMILES string of the molecule is CSCC[C@H](NC(=O)[C@H](Cc1cnc[nH]1)NC(=O)[C@@H](N)CC(C)C)C(=O)O. The summed E-state index contributed by atoms with van der Waals surface area (Å²) in [6, 6.07) is -2.71. The molecule has 1 aromatic rings. The number of rotatable bonds is 12. The maximum atomic E-state index is 12.7. The van der Waals surface area contributed by atoms with Crippen LogP contribution in [0.25, 0.3) is 0 Å². The van der Waals surface area contributed by atoms with Crippen LogP contribution in [0.1, 0.15) is 32.4 Å². The lowest BCUT2D eigenvalue weighted by atomic mass is 10.0. The Hall–Kier alpha value is -2.07. The number of carbonyl (C=O) groups excluding carboxylic acids is 2. The second-order valence-electron chi connectivity index (χ2n) is 6.76. The molecule has 0 aliphatic carbocycles. The first-order valence-corrected chi connectivity index (χ1v) is 10.2. The van der Waals surface area contributed by atoms with E-state index < -0.39 is 35.9 Å². The third kappa shape index (κ3) is 8.44. The summed E-state index contributed by atoms with van der Waals surface area (Å²) in [6.45, 7) is 3.90. The van der Waals surface area contributed by atoms with E-state index >= 15 is 0 Å². The number of aliphatic carboxylic acids is 1. The molecule has 0 spiro atoms. The van der Waals surface area contributed by atoms with Gasteiger partial charge in [0.05, 0.1) is 12.4 Å². The van der Waals surface area contributed by atoms with E-state index in [2.05, 4.69) is 20.6 Å². The fourth-order valence-electron chi connectivity index (χ4n) is 2.48. The summed E-state index contributed by atoms with van der Waals surface area (Å²) in [5, 5.41) is 14.5. The minimum atomic E-state index is -1.11. The lowest BCUT2D eigenvalue weighted by Gasteiger charge is -2.23. The molecule has 0 unspecified atom stereocenters. The molecule has 1 rings (SSSR count). The summed E-state index contributed by atoms with van der Waals surface area (Å²) in [5.41, 5.74) is 6.54. The zero-order valence-corrected chi connectivity index (χ0v) is 16.7. The fraction of sp³-hybridized carbons (Fsp3) is 0.647. The highest BCUT2D eigenvalue weighted by atomic mass is 32.2. The number of carbonyl (C=O) groups is 3. The number of amides is 2. The number of carboxylic acid groups (broad SMARTS) is 1. The van der Waals surface area contributed by atoms with Crippen molar-refractivity contribution in [1.82, 2.24) is 20.6 Å². The van der Waals surface area contributed by atoms with Gasteiger partial charge in [-0.1, -0.05) is 13.8 Å². The van der Waals surface area contributed by atoms with Gasteiger partial charge >= 0.3 is 5.97 Å². The Labute approximate surface area is 163 Å². The van der Waals surface area contributed by atoms with E-state index in [-0.39, 0.29) is 12.3 Å². The first-order chi connectivity index (χ1) is 12.7. The van der Waals surface area contributed by atoms with Gasteiger partial charge in [0, 0.05) is 18.3 Å². The molecule has 152 valence electrons. The number of nitrogens with zero attached hydrogens (tertiary/aromatic N) is 1. The fourth-order valence-corrected chi connectivity index (χ4v) is 2.96. The molecule has 0 aliphatic heterocycles. The molecule has 27 heavy (non-hydrogen) atoms. The average Bonchev–Trinajstić information content (AvgIpc) is 3.09. The van der Waals surface area contributed by atoms with Gasteiger partial charge in [-0.2, -0.15) is 11.8 Å². The molecule has 1 heterocycles. The van der Waals surface area contributed by atoms with Crippen LogP contribution in [0.2, 0.25) is 0 Å². The molecule has 0 saturated carbocycles.